The Hall–Kier alpha value is -3.61. The van der Waals surface area contributed by atoms with E-state index in [1.165, 1.54) is 6.07 Å². The van der Waals surface area contributed by atoms with Gasteiger partial charge in [-0.3, -0.25) is 0 Å². The Balaban J connectivity index is 2.01. The van der Waals surface area contributed by atoms with Crippen molar-refractivity contribution in [2.45, 2.75) is 65.5 Å². The van der Waals surface area contributed by atoms with Crippen LogP contribution in [0.2, 0.25) is 0 Å². The number of rotatable bonds is 7. The minimum atomic E-state index is -1.10. The van der Waals surface area contributed by atoms with Crippen LogP contribution in [-0.4, -0.2) is 17.7 Å². The lowest BCUT2D eigenvalue weighted by Gasteiger charge is -2.23. The fourth-order valence-corrected chi connectivity index (χ4v) is 3.63. The smallest absolute Gasteiger partial charge is 0.408 e. The summed E-state index contributed by atoms with van der Waals surface area (Å²) in [4.78, 5) is 38.0. The molecule has 0 unspecified atom stereocenters. The summed E-state index contributed by atoms with van der Waals surface area (Å²) in [6.45, 7) is 9.11. The van der Waals surface area contributed by atoms with E-state index in [1.54, 1.807) is 57.2 Å². The lowest BCUT2D eigenvalue weighted by atomic mass is 10.0. The molecule has 0 bridgehead atoms. The molecule has 0 radical (unpaired) electrons. The molecule has 0 saturated heterocycles. The summed E-state index contributed by atoms with van der Waals surface area (Å²) >= 11 is 0. The van der Waals surface area contributed by atoms with E-state index in [1.807, 2.05) is 13.0 Å². The van der Waals surface area contributed by atoms with Gasteiger partial charge in [-0.2, -0.15) is 0 Å². The monoisotopic (exact) mass is 465 g/mol. The predicted octanol–water partition coefficient (Wildman–Crippen LogP) is 5.62. The van der Waals surface area contributed by atoms with Gasteiger partial charge in [-0.05, 0) is 69.4 Å². The van der Waals surface area contributed by atoms with Crippen LogP contribution in [0.4, 0.5) is 4.79 Å². The molecule has 0 fully saturated rings. The average Bonchev–Trinajstić information content (AvgIpc) is 2.74. The number of amides is 1. The average molecular weight is 466 g/mol. The summed E-state index contributed by atoms with van der Waals surface area (Å²) in [6, 6.07) is 12.6. The van der Waals surface area contributed by atoms with E-state index in [9.17, 15) is 14.4 Å². The number of esters is 1. The van der Waals surface area contributed by atoms with Crippen LogP contribution in [0.15, 0.2) is 57.7 Å². The molecule has 2 aromatic carbocycles. The van der Waals surface area contributed by atoms with E-state index < -0.39 is 29.3 Å². The maximum atomic E-state index is 13.4. The van der Waals surface area contributed by atoms with Crippen LogP contribution in [0, 0.1) is 6.92 Å². The van der Waals surface area contributed by atoms with E-state index in [0.29, 0.717) is 23.0 Å². The van der Waals surface area contributed by atoms with Gasteiger partial charge in [0.25, 0.3) is 0 Å². The second-order valence-corrected chi connectivity index (χ2v) is 9.24. The first kappa shape index (κ1) is 25.0. The highest BCUT2D eigenvalue weighted by atomic mass is 16.6. The third kappa shape index (κ3) is 6.47. The number of ether oxygens (including phenoxy) is 2. The van der Waals surface area contributed by atoms with Crippen LogP contribution >= 0.6 is 0 Å². The van der Waals surface area contributed by atoms with Crippen molar-refractivity contribution in [1.82, 2.24) is 5.32 Å². The Morgan fingerprint density at radius 2 is 1.79 bits per heavy atom. The van der Waals surface area contributed by atoms with Gasteiger partial charge in [0.15, 0.2) is 6.04 Å². The van der Waals surface area contributed by atoms with Crippen molar-refractivity contribution in [3.63, 3.8) is 0 Å². The molecule has 1 atom stereocenters. The molecule has 3 rings (SSSR count). The zero-order valence-electron chi connectivity index (χ0n) is 20.3. The van der Waals surface area contributed by atoms with E-state index in [4.69, 9.17) is 13.9 Å². The zero-order chi connectivity index (χ0) is 24.9. The Morgan fingerprint density at radius 3 is 2.44 bits per heavy atom. The van der Waals surface area contributed by atoms with Crippen LogP contribution in [0.25, 0.3) is 11.0 Å². The summed E-state index contributed by atoms with van der Waals surface area (Å²) < 4.78 is 16.6. The normalized spacial score (nSPS) is 12.3. The lowest BCUT2D eigenvalue weighted by molar-refractivity contribution is -0.136. The number of fused-ring (bicyclic) bond motifs is 1. The van der Waals surface area contributed by atoms with Crippen molar-refractivity contribution in [3.05, 3.63) is 75.6 Å². The first-order valence-electron chi connectivity index (χ1n) is 11.4. The molecule has 1 heterocycles. The number of carbonyl (C=O) groups excluding carboxylic acids is 2. The molecule has 0 aliphatic carbocycles. The second kappa shape index (κ2) is 10.5. The van der Waals surface area contributed by atoms with Crippen LogP contribution in [0.3, 0.4) is 0 Å². The first-order chi connectivity index (χ1) is 16.1. The topological polar surface area (TPSA) is 94.8 Å². The molecule has 0 aliphatic heterocycles. The van der Waals surface area contributed by atoms with Gasteiger partial charge in [0.1, 0.15) is 16.9 Å². The molecule has 34 heavy (non-hydrogen) atoms. The van der Waals surface area contributed by atoms with Crippen molar-refractivity contribution >= 4 is 23.0 Å². The molecular formula is C27H31NO6. The number of hydrogen-bond donors (Lipinski definition) is 1. The maximum Gasteiger partial charge on any atom is 0.408 e. The van der Waals surface area contributed by atoms with Gasteiger partial charge in [-0.15, -0.1) is 0 Å². The standard InChI is InChI=1S/C27H31NO6/c1-6-7-11-19-16-22(29)32-20-14-17(2)15-21(23(19)20)33-25(30)24(18-12-9-8-10-13-18)28-26(31)34-27(3,4)5/h8-10,12-16,24H,6-7,11H2,1-5H3,(H,28,31)/t24-/m0/s1. The summed E-state index contributed by atoms with van der Waals surface area (Å²) in [6.07, 6.45) is 1.72. The Kier molecular flexibility index (Phi) is 7.76. The minimum absolute atomic E-state index is 0.279. The SMILES string of the molecule is CCCCc1cc(=O)oc2cc(C)cc(OC(=O)[C@@H](NC(=O)OC(C)(C)C)c3ccccc3)c12. The highest BCUT2D eigenvalue weighted by Crippen LogP contribution is 2.32. The van der Waals surface area contributed by atoms with E-state index in [-0.39, 0.29) is 5.75 Å². The van der Waals surface area contributed by atoms with E-state index >= 15 is 0 Å². The summed E-state index contributed by atoms with van der Waals surface area (Å²) in [7, 11) is 0. The molecule has 0 spiro atoms. The molecule has 1 N–H and O–H groups in total. The van der Waals surface area contributed by atoms with Gasteiger partial charge < -0.3 is 19.2 Å². The number of aryl methyl sites for hydroxylation is 2. The molecule has 7 nitrogen and oxygen atoms in total. The zero-order valence-corrected chi connectivity index (χ0v) is 20.3. The predicted molar refractivity (Wildman–Crippen MR) is 130 cm³/mol. The maximum absolute atomic E-state index is 13.4. The van der Waals surface area contributed by atoms with Crippen LogP contribution in [-0.2, 0) is 16.0 Å². The number of unbranched alkanes of at least 4 members (excludes halogenated alkanes) is 1. The van der Waals surface area contributed by atoms with Gasteiger partial charge in [-0.1, -0.05) is 43.7 Å². The fourth-order valence-electron chi connectivity index (χ4n) is 3.63. The van der Waals surface area contributed by atoms with Gasteiger partial charge in [-0.25, -0.2) is 14.4 Å². The van der Waals surface area contributed by atoms with Gasteiger partial charge in [0.2, 0.25) is 0 Å². The largest absolute Gasteiger partial charge is 0.444 e. The molecule has 0 saturated carbocycles. The summed E-state index contributed by atoms with van der Waals surface area (Å²) in [5.74, 6) is -0.404. The summed E-state index contributed by atoms with van der Waals surface area (Å²) in [5, 5.41) is 3.20. The Morgan fingerprint density at radius 1 is 1.09 bits per heavy atom. The number of alkyl carbamates (subject to hydrolysis) is 1. The van der Waals surface area contributed by atoms with Gasteiger partial charge in [0, 0.05) is 6.07 Å². The minimum Gasteiger partial charge on any atom is -0.444 e. The molecule has 1 amide bonds. The third-order valence-corrected chi connectivity index (χ3v) is 5.07. The second-order valence-electron chi connectivity index (χ2n) is 9.24. The number of benzene rings is 2. The Bertz CT molecular complexity index is 1220. The van der Waals surface area contributed by atoms with Crippen molar-refractivity contribution in [2.75, 3.05) is 0 Å². The Labute approximate surface area is 199 Å². The van der Waals surface area contributed by atoms with Crippen molar-refractivity contribution in [1.29, 1.82) is 0 Å². The highest BCUT2D eigenvalue weighted by Gasteiger charge is 2.28. The van der Waals surface area contributed by atoms with Crippen LogP contribution < -0.4 is 15.7 Å². The molecule has 1 aromatic heterocycles. The third-order valence-electron chi connectivity index (χ3n) is 5.07. The highest BCUT2D eigenvalue weighted by molar-refractivity contribution is 5.92. The summed E-state index contributed by atoms with van der Waals surface area (Å²) in [5.41, 5.74) is 1.25. The molecule has 7 heteroatoms. The molecular weight excluding hydrogens is 434 g/mol. The van der Waals surface area contributed by atoms with Crippen molar-refractivity contribution < 1.29 is 23.5 Å². The van der Waals surface area contributed by atoms with Gasteiger partial charge >= 0.3 is 17.7 Å². The number of nitrogens with one attached hydrogen (secondary N) is 1. The molecule has 180 valence electrons. The molecule has 3 aromatic rings. The van der Waals surface area contributed by atoms with E-state index in [2.05, 4.69) is 12.2 Å². The van der Waals surface area contributed by atoms with Crippen molar-refractivity contribution in [3.8, 4) is 5.75 Å². The van der Waals surface area contributed by atoms with Gasteiger partial charge in [0.05, 0.1) is 5.39 Å². The quantitative estimate of drug-likeness (QED) is 0.277. The van der Waals surface area contributed by atoms with E-state index in [0.717, 1.165) is 24.0 Å². The van der Waals surface area contributed by atoms with Crippen molar-refractivity contribution in [2.24, 2.45) is 0 Å². The lowest BCUT2D eigenvalue weighted by Crippen LogP contribution is -2.39. The first-order valence-corrected chi connectivity index (χ1v) is 11.4. The fraction of sp³-hybridized carbons (Fsp3) is 0.370. The van der Waals surface area contributed by atoms with Crippen LogP contribution in [0.5, 0.6) is 5.75 Å². The number of hydrogen-bond acceptors (Lipinski definition) is 6. The number of carbonyl (C=O) groups is 2. The molecule has 0 aliphatic rings. The van der Waals surface area contributed by atoms with Crippen LogP contribution in [0.1, 0.15) is 63.3 Å².